The zero-order chi connectivity index (χ0) is 9.84. The lowest BCUT2D eigenvalue weighted by Crippen LogP contribution is -2.05. The van der Waals surface area contributed by atoms with Crippen molar-refractivity contribution in [3.63, 3.8) is 0 Å². The number of rotatable bonds is 3. The number of aromatic nitrogens is 2. The molecular weight excluding hydrogens is 240 g/mol. The maximum atomic E-state index is 11.2. The predicted octanol–water partition coefficient (Wildman–Crippen LogP) is 1.36. The Morgan fingerprint density at radius 3 is 2.85 bits per heavy atom. The maximum Gasteiger partial charge on any atom is 0.357 e. The van der Waals surface area contributed by atoms with Gasteiger partial charge in [0.25, 0.3) is 0 Å². The highest BCUT2D eigenvalue weighted by molar-refractivity contribution is 9.10. The normalized spacial score (nSPS) is 9.77. The highest BCUT2D eigenvalue weighted by Gasteiger charge is 2.18. The van der Waals surface area contributed by atoms with Crippen LogP contribution in [-0.4, -0.2) is 29.9 Å². The van der Waals surface area contributed by atoms with Gasteiger partial charge in [0.05, 0.1) is 13.7 Å². The van der Waals surface area contributed by atoms with Crippen LogP contribution in [0.5, 0.6) is 5.88 Å². The van der Waals surface area contributed by atoms with Gasteiger partial charge in [0, 0.05) is 0 Å². The third-order valence-corrected chi connectivity index (χ3v) is 2.09. The summed E-state index contributed by atoms with van der Waals surface area (Å²) in [5, 5.41) is 6.26. The van der Waals surface area contributed by atoms with Gasteiger partial charge in [0.2, 0.25) is 5.88 Å². The van der Waals surface area contributed by atoms with Gasteiger partial charge >= 0.3 is 5.97 Å². The minimum Gasteiger partial charge on any atom is -0.479 e. The second-order valence-corrected chi connectivity index (χ2v) is 2.94. The van der Waals surface area contributed by atoms with E-state index in [2.05, 4.69) is 26.1 Å². The Morgan fingerprint density at radius 2 is 2.38 bits per heavy atom. The van der Waals surface area contributed by atoms with Crippen LogP contribution in [0.1, 0.15) is 17.4 Å². The fourth-order valence-electron chi connectivity index (χ4n) is 0.786. The molecule has 0 fully saturated rings. The van der Waals surface area contributed by atoms with Gasteiger partial charge in [-0.1, -0.05) is 0 Å². The molecule has 0 spiro atoms. The van der Waals surface area contributed by atoms with Crippen molar-refractivity contribution in [3.8, 4) is 5.88 Å². The maximum absolute atomic E-state index is 11.2. The van der Waals surface area contributed by atoms with E-state index in [1.807, 2.05) is 0 Å². The summed E-state index contributed by atoms with van der Waals surface area (Å²) in [7, 11) is 1.47. The molecule has 0 atom stereocenters. The predicted molar refractivity (Wildman–Crippen MR) is 48.8 cm³/mol. The molecule has 0 bridgehead atoms. The lowest BCUT2D eigenvalue weighted by molar-refractivity contribution is 0.0518. The van der Waals surface area contributed by atoms with Gasteiger partial charge in [-0.25, -0.2) is 4.79 Å². The van der Waals surface area contributed by atoms with Gasteiger partial charge in [-0.3, -0.25) is 5.10 Å². The number of hydrogen-bond acceptors (Lipinski definition) is 4. The summed E-state index contributed by atoms with van der Waals surface area (Å²) in [6, 6.07) is 0. The molecular formula is C7H9BrN2O3. The van der Waals surface area contributed by atoms with Crippen LogP contribution in [0.2, 0.25) is 0 Å². The fraction of sp³-hybridized carbons (Fsp3) is 0.429. The minimum absolute atomic E-state index is 0.263. The van der Waals surface area contributed by atoms with Crippen LogP contribution in [0, 0.1) is 0 Å². The molecule has 1 aromatic heterocycles. The van der Waals surface area contributed by atoms with E-state index >= 15 is 0 Å². The van der Waals surface area contributed by atoms with E-state index in [9.17, 15) is 4.79 Å². The zero-order valence-corrected chi connectivity index (χ0v) is 8.84. The summed E-state index contributed by atoms with van der Waals surface area (Å²) >= 11 is 3.16. The number of ether oxygens (including phenoxy) is 2. The zero-order valence-electron chi connectivity index (χ0n) is 7.26. The molecule has 0 aromatic carbocycles. The highest BCUT2D eigenvalue weighted by Crippen LogP contribution is 2.25. The third kappa shape index (κ3) is 2.00. The molecule has 1 heterocycles. The fourth-order valence-corrected chi connectivity index (χ4v) is 1.29. The first kappa shape index (κ1) is 10.0. The molecule has 0 aliphatic heterocycles. The van der Waals surface area contributed by atoms with Gasteiger partial charge in [-0.2, -0.15) is 0 Å². The number of aromatic amines is 1. The molecule has 1 aromatic rings. The number of halogens is 1. The first-order valence-electron chi connectivity index (χ1n) is 3.65. The van der Waals surface area contributed by atoms with Crippen LogP contribution >= 0.6 is 15.9 Å². The molecule has 0 amide bonds. The molecule has 0 aliphatic carbocycles. The second kappa shape index (κ2) is 4.27. The molecule has 72 valence electrons. The van der Waals surface area contributed by atoms with Crippen molar-refractivity contribution >= 4 is 21.9 Å². The number of esters is 1. The van der Waals surface area contributed by atoms with Gasteiger partial charge in [0.1, 0.15) is 4.47 Å². The van der Waals surface area contributed by atoms with Crippen LogP contribution < -0.4 is 4.74 Å². The molecule has 0 aliphatic rings. The van der Waals surface area contributed by atoms with Crippen molar-refractivity contribution in [2.24, 2.45) is 0 Å². The van der Waals surface area contributed by atoms with Gasteiger partial charge in [0.15, 0.2) is 5.69 Å². The van der Waals surface area contributed by atoms with E-state index in [1.54, 1.807) is 6.92 Å². The van der Waals surface area contributed by atoms with E-state index in [0.717, 1.165) is 0 Å². The first-order valence-corrected chi connectivity index (χ1v) is 4.45. The Hall–Kier alpha value is -1.04. The number of hydrogen-bond donors (Lipinski definition) is 1. The largest absolute Gasteiger partial charge is 0.479 e. The van der Waals surface area contributed by atoms with Crippen molar-refractivity contribution in [2.45, 2.75) is 6.92 Å². The number of nitrogens with zero attached hydrogens (tertiary/aromatic N) is 1. The number of carbonyl (C=O) groups is 1. The third-order valence-electron chi connectivity index (χ3n) is 1.35. The molecule has 1 rings (SSSR count). The average Bonchev–Trinajstić information content (AvgIpc) is 2.47. The van der Waals surface area contributed by atoms with Gasteiger partial charge < -0.3 is 9.47 Å². The van der Waals surface area contributed by atoms with E-state index in [4.69, 9.17) is 9.47 Å². The van der Waals surface area contributed by atoms with Gasteiger partial charge in [-0.05, 0) is 22.9 Å². The first-order chi connectivity index (χ1) is 6.20. The van der Waals surface area contributed by atoms with Crippen LogP contribution in [0.25, 0.3) is 0 Å². The molecule has 5 nitrogen and oxygen atoms in total. The molecule has 0 saturated carbocycles. The van der Waals surface area contributed by atoms with Gasteiger partial charge in [-0.15, -0.1) is 5.10 Å². The van der Waals surface area contributed by atoms with Crippen LogP contribution in [-0.2, 0) is 4.74 Å². The number of nitrogens with one attached hydrogen (secondary N) is 1. The topological polar surface area (TPSA) is 64.2 Å². The Morgan fingerprint density at radius 1 is 1.69 bits per heavy atom. The van der Waals surface area contributed by atoms with Crippen molar-refractivity contribution in [1.29, 1.82) is 0 Å². The van der Waals surface area contributed by atoms with Crippen molar-refractivity contribution in [1.82, 2.24) is 10.2 Å². The summed E-state index contributed by atoms with van der Waals surface area (Å²) < 4.78 is 10.1. The monoisotopic (exact) mass is 248 g/mol. The number of H-pyrrole nitrogens is 1. The van der Waals surface area contributed by atoms with Crippen LogP contribution in [0.15, 0.2) is 4.47 Å². The molecule has 0 unspecified atom stereocenters. The van der Waals surface area contributed by atoms with Crippen molar-refractivity contribution in [3.05, 3.63) is 10.2 Å². The smallest absolute Gasteiger partial charge is 0.357 e. The molecule has 1 N–H and O–H groups in total. The number of carbonyl (C=O) groups excluding carboxylic acids is 1. The Labute approximate surface area is 83.5 Å². The van der Waals surface area contributed by atoms with Crippen LogP contribution in [0.3, 0.4) is 0 Å². The molecule has 13 heavy (non-hydrogen) atoms. The van der Waals surface area contributed by atoms with Crippen molar-refractivity contribution in [2.75, 3.05) is 13.7 Å². The van der Waals surface area contributed by atoms with E-state index < -0.39 is 5.97 Å². The Kier molecular flexibility index (Phi) is 3.30. The van der Waals surface area contributed by atoms with E-state index in [0.29, 0.717) is 17.0 Å². The summed E-state index contributed by atoms with van der Waals surface area (Å²) in [6.45, 7) is 2.06. The minimum atomic E-state index is -0.454. The molecule has 0 radical (unpaired) electrons. The second-order valence-electron chi connectivity index (χ2n) is 2.14. The Bertz CT molecular complexity index is 311. The molecule has 6 heteroatoms. The summed E-state index contributed by atoms with van der Waals surface area (Å²) in [4.78, 5) is 11.2. The lowest BCUT2D eigenvalue weighted by Gasteiger charge is -1.98. The van der Waals surface area contributed by atoms with Crippen molar-refractivity contribution < 1.29 is 14.3 Å². The molecule has 0 saturated heterocycles. The highest BCUT2D eigenvalue weighted by atomic mass is 79.9. The lowest BCUT2D eigenvalue weighted by atomic mass is 10.4. The van der Waals surface area contributed by atoms with E-state index in [-0.39, 0.29) is 5.69 Å². The van der Waals surface area contributed by atoms with E-state index in [1.165, 1.54) is 7.11 Å². The Balaban J connectivity index is 2.89. The van der Waals surface area contributed by atoms with Crippen LogP contribution in [0.4, 0.5) is 0 Å². The summed E-state index contributed by atoms with van der Waals surface area (Å²) in [6.07, 6.45) is 0. The summed E-state index contributed by atoms with van der Waals surface area (Å²) in [5.74, 6) is -0.117. The SMILES string of the molecule is CCOC(=O)c1[nH]nc(OC)c1Br. The summed E-state index contributed by atoms with van der Waals surface area (Å²) in [5.41, 5.74) is 0.263. The standard InChI is InChI=1S/C7H9BrN2O3/c1-3-13-7(11)5-4(8)6(12-2)10-9-5/h3H2,1-2H3,(H,9,10). The number of methoxy groups -OCH3 is 1. The average molecular weight is 249 g/mol. The quantitative estimate of drug-likeness (QED) is 0.821.